The molecule has 0 amide bonds. The standard InChI is InChI=1S/C20H24N7OS/c1-13-10-16(23-22-13)18-25-29-19-15(20(21-3)6-4-5-7-20)11-17(24-27(18)19)26-8-9-28-12-14(26)2/h10-11,14H,4-9,12H2,1-2H3,(H,22,23)/q+1/t14-/m1/s1. The van der Waals surface area contributed by atoms with Gasteiger partial charge in [0.2, 0.25) is 0 Å². The number of H-pyrrole nitrogens is 1. The average Bonchev–Trinajstić information content (AvgIpc) is 3.47. The van der Waals surface area contributed by atoms with Gasteiger partial charge in [0.25, 0.3) is 10.4 Å². The van der Waals surface area contributed by atoms with E-state index in [1.54, 1.807) is 0 Å². The summed E-state index contributed by atoms with van der Waals surface area (Å²) in [5.41, 5.74) is 2.33. The Labute approximate surface area is 173 Å². The third-order valence-electron chi connectivity index (χ3n) is 6.06. The molecule has 0 bridgehead atoms. The van der Waals surface area contributed by atoms with Crippen molar-refractivity contribution >= 4 is 22.2 Å². The van der Waals surface area contributed by atoms with Crippen molar-refractivity contribution in [2.75, 3.05) is 24.7 Å². The van der Waals surface area contributed by atoms with Gasteiger partial charge in [-0.2, -0.15) is 5.10 Å². The van der Waals surface area contributed by atoms with Crippen LogP contribution < -0.4 is 9.42 Å². The minimum Gasteiger partial charge on any atom is -0.377 e. The number of nitrogens with zero attached hydrogens (tertiary/aromatic N) is 6. The smallest absolute Gasteiger partial charge is 0.377 e. The summed E-state index contributed by atoms with van der Waals surface area (Å²) in [5, 5.41) is 12.4. The van der Waals surface area contributed by atoms with Crippen molar-refractivity contribution in [3.8, 4) is 11.5 Å². The summed E-state index contributed by atoms with van der Waals surface area (Å²) in [6.45, 7) is 14.3. The summed E-state index contributed by atoms with van der Waals surface area (Å²) in [5.74, 6) is 1.61. The number of aryl methyl sites for hydroxylation is 1. The summed E-state index contributed by atoms with van der Waals surface area (Å²) >= 11 is 1.41. The van der Waals surface area contributed by atoms with Gasteiger partial charge in [-0.3, -0.25) is 5.10 Å². The number of aromatic amines is 1. The van der Waals surface area contributed by atoms with Gasteiger partial charge in [-0.05, 0) is 32.8 Å². The molecule has 5 rings (SSSR count). The molecule has 3 aromatic heterocycles. The Morgan fingerprint density at radius 2 is 2.21 bits per heavy atom. The van der Waals surface area contributed by atoms with Crippen LogP contribution in [0.3, 0.4) is 0 Å². The maximum atomic E-state index is 8.02. The minimum absolute atomic E-state index is 0.234. The molecule has 3 aromatic rings. The first kappa shape index (κ1) is 18.5. The number of nitrogens with one attached hydrogen (secondary N) is 1. The number of ether oxygens (including phenoxy) is 1. The van der Waals surface area contributed by atoms with Crippen molar-refractivity contribution < 1.29 is 9.25 Å². The maximum absolute atomic E-state index is 8.02. The molecule has 1 aliphatic heterocycles. The SMILES string of the molecule is [C-]#[N+]C1(c2cc(N3CCOC[C@H]3C)n[n+]3c(-c4cc(C)[nH]n4)nsc23)CCCC1. The van der Waals surface area contributed by atoms with Crippen molar-refractivity contribution in [1.82, 2.24) is 19.7 Å². The molecule has 29 heavy (non-hydrogen) atoms. The number of fused-ring (bicyclic) bond motifs is 1. The highest BCUT2D eigenvalue weighted by Gasteiger charge is 2.47. The minimum atomic E-state index is -0.482. The summed E-state index contributed by atoms with van der Waals surface area (Å²) < 4.78 is 12.2. The van der Waals surface area contributed by atoms with E-state index < -0.39 is 5.54 Å². The third-order valence-corrected chi connectivity index (χ3v) is 6.89. The Bertz CT molecular complexity index is 1090. The van der Waals surface area contributed by atoms with Crippen molar-refractivity contribution in [2.24, 2.45) is 0 Å². The predicted octanol–water partition coefficient (Wildman–Crippen LogP) is 2.89. The first-order valence-corrected chi connectivity index (χ1v) is 10.9. The molecule has 0 unspecified atom stereocenters. The molecular weight excluding hydrogens is 386 g/mol. The van der Waals surface area contributed by atoms with E-state index in [0.29, 0.717) is 13.2 Å². The van der Waals surface area contributed by atoms with Crippen LogP contribution in [-0.4, -0.2) is 45.5 Å². The Kier molecular flexibility index (Phi) is 4.48. The zero-order valence-corrected chi connectivity index (χ0v) is 17.5. The van der Waals surface area contributed by atoms with Crippen LogP contribution in [-0.2, 0) is 10.3 Å². The molecule has 1 aliphatic carbocycles. The third kappa shape index (κ3) is 2.98. The highest BCUT2D eigenvalue weighted by Crippen LogP contribution is 2.45. The first-order valence-electron chi connectivity index (χ1n) is 10.1. The van der Waals surface area contributed by atoms with Crippen molar-refractivity contribution in [2.45, 2.75) is 51.1 Å². The molecule has 1 saturated carbocycles. The second kappa shape index (κ2) is 7.04. The summed E-state index contributed by atoms with van der Waals surface area (Å²) in [4.78, 5) is 7.38. The van der Waals surface area contributed by atoms with Gasteiger partial charge in [0.1, 0.15) is 17.1 Å². The van der Waals surface area contributed by atoms with Gasteiger partial charge in [0.15, 0.2) is 11.5 Å². The van der Waals surface area contributed by atoms with E-state index >= 15 is 0 Å². The van der Waals surface area contributed by atoms with Crippen LogP contribution in [0.25, 0.3) is 21.2 Å². The Morgan fingerprint density at radius 3 is 2.90 bits per heavy atom. The highest BCUT2D eigenvalue weighted by molar-refractivity contribution is 7.11. The molecule has 4 heterocycles. The zero-order chi connectivity index (χ0) is 20.0. The van der Waals surface area contributed by atoms with E-state index in [9.17, 15) is 0 Å². The summed E-state index contributed by atoms with van der Waals surface area (Å²) in [6.07, 6.45) is 3.96. The maximum Gasteiger partial charge on any atom is 0.391 e. The van der Waals surface area contributed by atoms with Gasteiger partial charge in [-0.25, -0.2) is 6.57 Å². The van der Waals surface area contributed by atoms with E-state index in [0.717, 1.165) is 65.7 Å². The molecule has 8 nitrogen and oxygen atoms in total. The normalized spacial score (nSPS) is 21.6. The molecule has 1 N–H and O–H groups in total. The molecule has 9 heteroatoms. The molecule has 1 saturated heterocycles. The number of hydrogen-bond donors (Lipinski definition) is 1. The lowest BCUT2D eigenvalue weighted by Crippen LogP contribution is -2.46. The molecule has 2 fully saturated rings. The van der Waals surface area contributed by atoms with Crippen LogP contribution in [0.5, 0.6) is 0 Å². The lowest BCUT2D eigenvalue weighted by Gasteiger charge is -2.33. The Hall–Kier alpha value is -2.57. The fourth-order valence-corrected chi connectivity index (χ4v) is 5.36. The largest absolute Gasteiger partial charge is 0.391 e. The average molecular weight is 411 g/mol. The molecule has 0 spiro atoms. The number of aromatic nitrogens is 5. The van der Waals surface area contributed by atoms with Gasteiger partial charge in [-0.1, -0.05) is 9.61 Å². The lowest BCUT2D eigenvalue weighted by molar-refractivity contribution is -0.566. The van der Waals surface area contributed by atoms with Gasteiger partial charge in [-0.15, -0.1) is 0 Å². The van der Waals surface area contributed by atoms with E-state index in [4.69, 9.17) is 20.8 Å². The van der Waals surface area contributed by atoms with Crippen LogP contribution in [0.15, 0.2) is 12.1 Å². The Morgan fingerprint density at radius 1 is 1.38 bits per heavy atom. The zero-order valence-electron chi connectivity index (χ0n) is 16.7. The quantitative estimate of drug-likeness (QED) is 0.531. The molecular formula is C20H24N7OS+. The van der Waals surface area contributed by atoms with Crippen LogP contribution in [0, 0.1) is 13.5 Å². The van der Waals surface area contributed by atoms with E-state index in [1.807, 2.05) is 17.5 Å². The Balaban J connectivity index is 1.74. The second-order valence-corrected chi connectivity index (χ2v) is 8.80. The number of hydrogen-bond acceptors (Lipinski definition) is 6. The number of morpholine rings is 1. The number of rotatable bonds is 3. The van der Waals surface area contributed by atoms with E-state index in [1.165, 1.54) is 11.5 Å². The fourth-order valence-electron chi connectivity index (χ4n) is 4.47. The van der Waals surface area contributed by atoms with Crippen molar-refractivity contribution in [3.63, 3.8) is 0 Å². The van der Waals surface area contributed by atoms with E-state index in [2.05, 4.69) is 32.9 Å². The van der Waals surface area contributed by atoms with Gasteiger partial charge < -0.3 is 14.5 Å². The molecule has 1 atom stereocenters. The van der Waals surface area contributed by atoms with Gasteiger partial charge in [0.05, 0.1) is 19.3 Å². The van der Waals surface area contributed by atoms with Crippen LogP contribution in [0.4, 0.5) is 5.82 Å². The molecule has 0 aromatic carbocycles. The first-order chi connectivity index (χ1) is 14.1. The van der Waals surface area contributed by atoms with Crippen molar-refractivity contribution in [3.05, 3.63) is 34.8 Å². The topological polar surface area (TPSA) is 75.4 Å². The highest BCUT2D eigenvalue weighted by atomic mass is 32.1. The molecule has 2 aliphatic rings. The van der Waals surface area contributed by atoms with Crippen LogP contribution in [0.1, 0.15) is 43.9 Å². The van der Waals surface area contributed by atoms with Gasteiger partial charge in [0, 0.05) is 35.5 Å². The molecule has 150 valence electrons. The van der Waals surface area contributed by atoms with Gasteiger partial charge >= 0.3 is 5.82 Å². The molecule has 0 radical (unpaired) electrons. The summed E-state index contributed by atoms with van der Waals surface area (Å²) in [7, 11) is 0. The predicted molar refractivity (Wildman–Crippen MR) is 110 cm³/mol. The number of anilines is 1. The monoisotopic (exact) mass is 410 g/mol. The van der Waals surface area contributed by atoms with Crippen molar-refractivity contribution in [1.29, 1.82) is 0 Å². The fraction of sp³-hybridized carbons (Fsp3) is 0.550. The van der Waals surface area contributed by atoms with E-state index in [-0.39, 0.29) is 6.04 Å². The summed E-state index contributed by atoms with van der Waals surface area (Å²) in [6, 6.07) is 4.35. The van der Waals surface area contributed by atoms with Crippen LogP contribution >= 0.6 is 11.5 Å². The lowest BCUT2D eigenvalue weighted by atomic mass is 9.90. The van der Waals surface area contributed by atoms with Crippen LogP contribution in [0.2, 0.25) is 0 Å². The second-order valence-electron chi connectivity index (χ2n) is 8.04.